The SMILES string of the molecule is CCC(Cl)OC1=CCC(=O)C2=C1Cc1ccccc1S2. The van der Waals surface area contributed by atoms with Gasteiger partial charge < -0.3 is 4.74 Å². The third-order valence-electron chi connectivity index (χ3n) is 3.43. The molecule has 104 valence electrons. The molecule has 0 aromatic heterocycles. The van der Waals surface area contributed by atoms with E-state index < -0.39 is 0 Å². The number of hydrogen-bond acceptors (Lipinski definition) is 3. The van der Waals surface area contributed by atoms with Crippen molar-refractivity contribution in [2.45, 2.75) is 36.6 Å². The number of ketones is 1. The highest BCUT2D eigenvalue weighted by Gasteiger charge is 2.29. The van der Waals surface area contributed by atoms with Crippen molar-refractivity contribution in [3.8, 4) is 0 Å². The average molecular weight is 307 g/mol. The second-order valence-electron chi connectivity index (χ2n) is 4.83. The normalized spacial score (nSPS) is 19.1. The Morgan fingerprint density at radius 3 is 3.00 bits per heavy atom. The Hall–Kier alpha value is -1.19. The predicted molar refractivity (Wildman–Crippen MR) is 81.8 cm³/mol. The van der Waals surface area contributed by atoms with E-state index in [1.165, 1.54) is 10.5 Å². The molecule has 0 amide bonds. The van der Waals surface area contributed by atoms with Crippen molar-refractivity contribution >= 4 is 29.1 Å². The molecule has 20 heavy (non-hydrogen) atoms. The second-order valence-corrected chi connectivity index (χ2v) is 6.37. The predicted octanol–water partition coefficient (Wildman–Crippen LogP) is 4.44. The zero-order valence-electron chi connectivity index (χ0n) is 11.2. The maximum Gasteiger partial charge on any atom is 0.173 e. The summed E-state index contributed by atoms with van der Waals surface area (Å²) in [6.45, 7) is 1.98. The van der Waals surface area contributed by atoms with Gasteiger partial charge in [0, 0.05) is 23.3 Å². The molecule has 0 N–H and O–H groups in total. The van der Waals surface area contributed by atoms with Gasteiger partial charge in [0.05, 0.1) is 4.91 Å². The van der Waals surface area contributed by atoms with Crippen LogP contribution in [-0.2, 0) is 16.0 Å². The molecule has 4 heteroatoms. The van der Waals surface area contributed by atoms with Crippen LogP contribution in [0.15, 0.2) is 51.5 Å². The fraction of sp³-hybridized carbons (Fsp3) is 0.312. The monoisotopic (exact) mass is 306 g/mol. The van der Waals surface area contributed by atoms with Crippen LogP contribution < -0.4 is 0 Å². The first kappa shape index (κ1) is 13.8. The zero-order chi connectivity index (χ0) is 14.1. The van der Waals surface area contributed by atoms with Crippen LogP contribution in [-0.4, -0.2) is 11.3 Å². The van der Waals surface area contributed by atoms with Crippen LogP contribution in [0.1, 0.15) is 25.3 Å². The van der Waals surface area contributed by atoms with E-state index in [1.54, 1.807) is 11.8 Å². The first-order valence-corrected chi connectivity index (χ1v) is 7.97. The number of carbonyl (C=O) groups excluding carboxylic acids is 1. The molecule has 0 fully saturated rings. The van der Waals surface area contributed by atoms with Crippen molar-refractivity contribution < 1.29 is 9.53 Å². The molecule has 0 radical (unpaired) electrons. The summed E-state index contributed by atoms with van der Waals surface area (Å²) >= 11 is 7.64. The van der Waals surface area contributed by atoms with Crippen LogP contribution in [0.5, 0.6) is 0 Å². The smallest absolute Gasteiger partial charge is 0.173 e. The van der Waals surface area contributed by atoms with E-state index in [2.05, 4.69) is 12.1 Å². The average Bonchev–Trinajstić information content (AvgIpc) is 2.48. The van der Waals surface area contributed by atoms with Crippen LogP contribution in [0.2, 0.25) is 0 Å². The molecule has 2 nitrogen and oxygen atoms in total. The zero-order valence-corrected chi connectivity index (χ0v) is 12.8. The maximum absolute atomic E-state index is 12.1. The van der Waals surface area contributed by atoms with E-state index in [-0.39, 0.29) is 11.3 Å². The number of thioether (sulfide) groups is 1. The molecule has 2 aliphatic rings. The van der Waals surface area contributed by atoms with Gasteiger partial charge in [0.2, 0.25) is 0 Å². The Kier molecular flexibility index (Phi) is 3.90. The Morgan fingerprint density at radius 2 is 2.20 bits per heavy atom. The first-order valence-electron chi connectivity index (χ1n) is 6.72. The van der Waals surface area contributed by atoms with Gasteiger partial charge in [0.15, 0.2) is 11.3 Å². The quantitative estimate of drug-likeness (QED) is 0.772. The van der Waals surface area contributed by atoms with Crippen LogP contribution in [0.4, 0.5) is 0 Å². The molecule has 1 heterocycles. The molecule has 0 spiro atoms. The van der Waals surface area contributed by atoms with Gasteiger partial charge in [-0.05, 0) is 24.1 Å². The summed E-state index contributed by atoms with van der Waals surface area (Å²) in [5, 5.41) is 0. The number of allylic oxidation sites excluding steroid dienone is 3. The Bertz CT molecular complexity index is 619. The van der Waals surface area contributed by atoms with E-state index in [4.69, 9.17) is 16.3 Å². The molecule has 1 aliphatic carbocycles. The number of halogens is 1. The minimum absolute atomic E-state index is 0.175. The van der Waals surface area contributed by atoms with Crippen LogP contribution in [0.25, 0.3) is 0 Å². The Labute approximate surface area is 127 Å². The lowest BCUT2D eigenvalue weighted by atomic mass is 9.96. The van der Waals surface area contributed by atoms with Crippen molar-refractivity contribution in [3.05, 3.63) is 52.1 Å². The van der Waals surface area contributed by atoms with E-state index in [0.29, 0.717) is 6.42 Å². The number of fused-ring (bicyclic) bond motifs is 1. The summed E-state index contributed by atoms with van der Waals surface area (Å²) in [6, 6.07) is 8.19. The summed E-state index contributed by atoms with van der Waals surface area (Å²) < 4.78 is 5.78. The lowest BCUT2D eigenvalue weighted by molar-refractivity contribution is -0.114. The van der Waals surface area contributed by atoms with E-state index in [0.717, 1.165) is 29.1 Å². The fourth-order valence-electron chi connectivity index (χ4n) is 2.36. The fourth-order valence-corrected chi connectivity index (χ4v) is 3.58. The van der Waals surface area contributed by atoms with Crippen molar-refractivity contribution in [2.24, 2.45) is 0 Å². The summed E-state index contributed by atoms with van der Waals surface area (Å²) in [7, 11) is 0. The lowest BCUT2D eigenvalue weighted by Crippen LogP contribution is -2.18. The van der Waals surface area contributed by atoms with E-state index in [9.17, 15) is 4.79 Å². The number of ether oxygens (including phenoxy) is 1. The molecule has 3 rings (SSSR count). The molecule has 1 aromatic carbocycles. The van der Waals surface area contributed by atoms with Crippen LogP contribution >= 0.6 is 23.4 Å². The molecule has 0 bridgehead atoms. The van der Waals surface area contributed by atoms with Crippen molar-refractivity contribution in [3.63, 3.8) is 0 Å². The molecule has 1 atom stereocenters. The van der Waals surface area contributed by atoms with Gasteiger partial charge in [0.1, 0.15) is 5.76 Å². The van der Waals surface area contributed by atoms with Gasteiger partial charge in [-0.3, -0.25) is 4.79 Å². The lowest BCUT2D eigenvalue weighted by Gasteiger charge is -2.27. The molecule has 0 saturated carbocycles. The summed E-state index contributed by atoms with van der Waals surface area (Å²) in [5.74, 6) is 0.956. The largest absolute Gasteiger partial charge is 0.475 e. The van der Waals surface area contributed by atoms with Gasteiger partial charge in [-0.15, -0.1) is 0 Å². The number of hydrogen-bond donors (Lipinski definition) is 0. The van der Waals surface area contributed by atoms with Crippen LogP contribution in [0, 0.1) is 0 Å². The third kappa shape index (κ3) is 2.52. The highest BCUT2D eigenvalue weighted by molar-refractivity contribution is 8.04. The first-order chi connectivity index (χ1) is 9.69. The number of benzene rings is 1. The van der Waals surface area contributed by atoms with Gasteiger partial charge in [-0.2, -0.15) is 0 Å². The number of carbonyl (C=O) groups is 1. The van der Waals surface area contributed by atoms with Crippen molar-refractivity contribution in [1.29, 1.82) is 0 Å². The maximum atomic E-state index is 12.1. The second kappa shape index (κ2) is 5.66. The van der Waals surface area contributed by atoms with Crippen molar-refractivity contribution in [2.75, 3.05) is 0 Å². The minimum Gasteiger partial charge on any atom is -0.475 e. The van der Waals surface area contributed by atoms with E-state index >= 15 is 0 Å². The summed E-state index contributed by atoms with van der Waals surface area (Å²) in [4.78, 5) is 14.1. The van der Waals surface area contributed by atoms with Gasteiger partial charge in [0.25, 0.3) is 0 Å². The molecule has 1 unspecified atom stereocenters. The van der Waals surface area contributed by atoms with Crippen LogP contribution in [0.3, 0.4) is 0 Å². The highest BCUT2D eigenvalue weighted by atomic mass is 35.5. The van der Waals surface area contributed by atoms with Gasteiger partial charge >= 0.3 is 0 Å². The molecule has 1 aliphatic heterocycles. The molecule has 1 aromatic rings. The third-order valence-corrected chi connectivity index (χ3v) is 5.12. The van der Waals surface area contributed by atoms with E-state index in [1.807, 2.05) is 25.1 Å². The summed E-state index contributed by atoms with van der Waals surface area (Å²) in [6.07, 6.45) is 3.74. The molecular formula is C16H15ClO2S. The Morgan fingerprint density at radius 1 is 1.40 bits per heavy atom. The number of rotatable bonds is 3. The molecular weight excluding hydrogens is 292 g/mol. The van der Waals surface area contributed by atoms with Gasteiger partial charge in [-0.25, -0.2) is 0 Å². The standard InChI is InChI=1S/C16H15ClO2S/c1-2-15(17)19-13-8-7-12(18)16-11(13)9-10-5-3-4-6-14(10)20-16/h3-6,8,15H,2,7,9H2,1H3. The van der Waals surface area contributed by atoms with Gasteiger partial charge in [-0.1, -0.05) is 48.5 Å². The number of Topliss-reactive ketones (excluding diaryl/α,β-unsaturated/α-hetero) is 1. The molecule has 0 saturated heterocycles. The van der Waals surface area contributed by atoms with Crippen molar-refractivity contribution in [1.82, 2.24) is 0 Å². The topological polar surface area (TPSA) is 26.3 Å². The minimum atomic E-state index is -0.342. The Balaban J connectivity index is 1.94. The highest BCUT2D eigenvalue weighted by Crippen LogP contribution is 2.43. The number of alkyl halides is 1. The summed E-state index contributed by atoms with van der Waals surface area (Å²) in [5.41, 5.74) is 1.89.